The Morgan fingerprint density at radius 3 is 2.75 bits per heavy atom. The maximum atomic E-state index is 12.2. The molecule has 0 bridgehead atoms. The Morgan fingerprint density at radius 1 is 1.29 bits per heavy atom. The van der Waals surface area contributed by atoms with Crippen LogP contribution in [0.15, 0.2) is 47.3 Å². The average molecular weight is 344 g/mol. The number of benzene rings is 2. The van der Waals surface area contributed by atoms with E-state index < -0.39 is 11.9 Å². The minimum Gasteiger partial charge on any atom is -0.370 e. The molecule has 3 rings (SSSR count). The van der Waals surface area contributed by atoms with E-state index in [1.807, 2.05) is 18.2 Å². The van der Waals surface area contributed by atoms with Gasteiger partial charge in [0.05, 0.1) is 17.6 Å². The standard InChI is InChI=1S/C16H14ClN5O2/c17-11-4-2-1-3-10(11)8-22-13-6-5-9(14(23)21-15(18)19)7-12(13)20-16(22)24/h1-7H,8H2,(H,20,24)(H4,18,19,21,23). The molecule has 2 aromatic carbocycles. The van der Waals surface area contributed by atoms with Gasteiger partial charge in [-0.15, -0.1) is 0 Å². The lowest BCUT2D eigenvalue weighted by atomic mass is 10.2. The minimum absolute atomic E-state index is 0.295. The van der Waals surface area contributed by atoms with Gasteiger partial charge in [0, 0.05) is 10.6 Å². The third-order valence-corrected chi connectivity index (χ3v) is 3.94. The van der Waals surface area contributed by atoms with Crippen molar-refractivity contribution < 1.29 is 4.79 Å². The van der Waals surface area contributed by atoms with E-state index in [-0.39, 0.29) is 5.69 Å². The summed E-state index contributed by atoms with van der Waals surface area (Å²) in [6.45, 7) is 0.317. The topological polar surface area (TPSA) is 117 Å². The Kier molecular flexibility index (Phi) is 4.09. The lowest BCUT2D eigenvalue weighted by Gasteiger charge is -2.06. The summed E-state index contributed by atoms with van der Waals surface area (Å²) < 4.78 is 1.54. The second-order valence-corrected chi connectivity index (χ2v) is 5.61. The highest BCUT2D eigenvalue weighted by Gasteiger charge is 2.12. The molecule has 1 amide bonds. The summed E-state index contributed by atoms with van der Waals surface area (Å²) in [5.74, 6) is -0.950. The molecule has 8 heteroatoms. The van der Waals surface area contributed by atoms with Crippen LogP contribution in [0.3, 0.4) is 0 Å². The Morgan fingerprint density at radius 2 is 2.04 bits per heavy atom. The van der Waals surface area contributed by atoms with Crippen LogP contribution < -0.4 is 16.7 Å². The van der Waals surface area contributed by atoms with Crippen molar-refractivity contribution in [2.24, 2.45) is 5.73 Å². The van der Waals surface area contributed by atoms with Gasteiger partial charge in [0.15, 0.2) is 5.96 Å². The molecular weight excluding hydrogens is 330 g/mol. The summed E-state index contributed by atoms with van der Waals surface area (Å²) in [6.07, 6.45) is 0. The van der Waals surface area contributed by atoms with Crippen molar-refractivity contribution in [3.05, 3.63) is 69.1 Å². The van der Waals surface area contributed by atoms with E-state index in [4.69, 9.17) is 22.7 Å². The molecular formula is C16H14ClN5O2. The van der Waals surface area contributed by atoms with Crippen LogP contribution in [0.5, 0.6) is 0 Å². The van der Waals surface area contributed by atoms with Gasteiger partial charge in [0.2, 0.25) is 0 Å². The first-order valence-electron chi connectivity index (χ1n) is 7.07. The quantitative estimate of drug-likeness (QED) is 0.428. The first-order valence-corrected chi connectivity index (χ1v) is 7.45. The number of aromatic nitrogens is 2. The molecule has 7 nitrogen and oxygen atoms in total. The number of carbonyl (C=O) groups excluding carboxylic acids is 1. The Labute approximate surface area is 141 Å². The lowest BCUT2D eigenvalue weighted by Crippen LogP contribution is -2.35. The number of amides is 1. The highest BCUT2D eigenvalue weighted by atomic mass is 35.5. The second kappa shape index (κ2) is 6.21. The van der Waals surface area contributed by atoms with Crippen molar-refractivity contribution in [3.8, 4) is 0 Å². The number of nitrogens with zero attached hydrogens (tertiary/aromatic N) is 1. The van der Waals surface area contributed by atoms with E-state index in [0.717, 1.165) is 5.56 Å². The van der Waals surface area contributed by atoms with Gasteiger partial charge in [-0.05, 0) is 29.8 Å². The molecule has 0 aliphatic rings. The minimum atomic E-state index is -0.510. The van der Waals surface area contributed by atoms with E-state index in [9.17, 15) is 9.59 Å². The molecule has 5 N–H and O–H groups in total. The molecule has 0 aliphatic carbocycles. The lowest BCUT2D eigenvalue weighted by molar-refractivity contribution is 0.0976. The van der Waals surface area contributed by atoms with Crippen LogP contribution >= 0.6 is 11.6 Å². The van der Waals surface area contributed by atoms with Gasteiger partial charge in [-0.1, -0.05) is 29.8 Å². The van der Waals surface area contributed by atoms with Gasteiger partial charge in [0.1, 0.15) is 0 Å². The molecule has 0 fully saturated rings. The molecule has 24 heavy (non-hydrogen) atoms. The number of nitrogens with one attached hydrogen (secondary N) is 3. The smallest absolute Gasteiger partial charge is 0.326 e. The van der Waals surface area contributed by atoms with Crippen LogP contribution in [0.4, 0.5) is 0 Å². The predicted molar refractivity (Wildman–Crippen MR) is 92.5 cm³/mol. The monoisotopic (exact) mass is 343 g/mol. The number of fused-ring (bicyclic) bond motifs is 1. The third-order valence-electron chi connectivity index (χ3n) is 3.57. The van der Waals surface area contributed by atoms with Crippen LogP contribution in [0.1, 0.15) is 15.9 Å². The van der Waals surface area contributed by atoms with Gasteiger partial charge in [-0.25, -0.2) is 4.79 Å². The zero-order valence-electron chi connectivity index (χ0n) is 12.5. The van der Waals surface area contributed by atoms with E-state index in [0.29, 0.717) is 28.2 Å². The molecule has 0 spiro atoms. The SMILES string of the molecule is N=C(N)NC(=O)c1ccc2c(c1)[nH]c(=O)n2Cc1ccccc1Cl. The summed E-state index contributed by atoms with van der Waals surface area (Å²) in [5, 5.41) is 9.87. The van der Waals surface area contributed by atoms with Crippen molar-refractivity contribution in [1.29, 1.82) is 5.41 Å². The first kappa shape index (κ1) is 15.8. The Balaban J connectivity index is 2.00. The van der Waals surface area contributed by atoms with E-state index >= 15 is 0 Å². The van der Waals surface area contributed by atoms with Gasteiger partial charge in [0.25, 0.3) is 5.91 Å². The predicted octanol–water partition coefficient (Wildman–Crippen LogP) is 1.65. The summed E-state index contributed by atoms with van der Waals surface area (Å²) in [6, 6.07) is 12.1. The molecule has 1 heterocycles. The normalized spacial score (nSPS) is 10.7. The van der Waals surface area contributed by atoms with Crippen LogP contribution in [0.2, 0.25) is 5.02 Å². The van der Waals surface area contributed by atoms with Crippen molar-refractivity contribution in [2.75, 3.05) is 0 Å². The number of rotatable bonds is 3. The molecule has 122 valence electrons. The third kappa shape index (κ3) is 3.02. The number of hydrogen-bond donors (Lipinski definition) is 4. The average Bonchev–Trinajstić information content (AvgIpc) is 2.84. The number of hydrogen-bond acceptors (Lipinski definition) is 3. The van der Waals surface area contributed by atoms with Crippen molar-refractivity contribution >= 4 is 34.5 Å². The summed E-state index contributed by atoms with van der Waals surface area (Å²) in [5.41, 5.74) is 7.14. The summed E-state index contributed by atoms with van der Waals surface area (Å²) in [4.78, 5) is 26.8. The molecule has 0 unspecified atom stereocenters. The first-order chi connectivity index (χ1) is 11.5. The fraction of sp³-hybridized carbons (Fsp3) is 0.0625. The van der Waals surface area contributed by atoms with Crippen molar-refractivity contribution in [1.82, 2.24) is 14.9 Å². The van der Waals surface area contributed by atoms with Gasteiger partial charge in [-0.3, -0.25) is 20.1 Å². The molecule has 0 atom stereocenters. The Bertz CT molecular complexity index is 1010. The number of H-pyrrole nitrogens is 1. The molecule has 3 aromatic rings. The zero-order chi connectivity index (χ0) is 17.3. The van der Waals surface area contributed by atoms with Crippen LogP contribution in [0.25, 0.3) is 11.0 Å². The van der Waals surface area contributed by atoms with E-state index in [1.54, 1.807) is 22.8 Å². The maximum Gasteiger partial charge on any atom is 0.326 e. The van der Waals surface area contributed by atoms with Gasteiger partial charge < -0.3 is 10.7 Å². The van der Waals surface area contributed by atoms with Gasteiger partial charge in [-0.2, -0.15) is 0 Å². The molecule has 0 radical (unpaired) electrons. The highest BCUT2D eigenvalue weighted by molar-refractivity contribution is 6.31. The van der Waals surface area contributed by atoms with E-state index in [2.05, 4.69) is 10.3 Å². The number of aromatic amines is 1. The number of halogens is 1. The zero-order valence-corrected chi connectivity index (χ0v) is 13.2. The molecule has 0 aliphatic heterocycles. The van der Waals surface area contributed by atoms with E-state index in [1.165, 1.54) is 6.07 Å². The molecule has 0 saturated heterocycles. The van der Waals surface area contributed by atoms with Crippen LogP contribution in [-0.4, -0.2) is 21.4 Å². The number of nitrogens with two attached hydrogens (primary N) is 1. The molecule has 1 aromatic heterocycles. The van der Waals surface area contributed by atoms with Crippen LogP contribution in [0, 0.1) is 5.41 Å². The van der Waals surface area contributed by atoms with Crippen molar-refractivity contribution in [3.63, 3.8) is 0 Å². The summed E-state index contributed by atoms with van der Waals surface area (Å²) in [7, 11) is 0. The number of carbonyl (C=O) groups is 1. The maximum absolute atomic E-state index is 12.2. The largest absolute Gasteiger partial charge is 0.370 e. The Hall–Kier alpha value is -3.06. The number of guanidine groups is 1. The molecule has 0 saturated carbocycles. The van der Waals surface area contributed by atoms with Crippen molar-refractivity contribution in [2.45, 2.75) is 6.54 Å². The summed E-state index contributed by atoms with van der Waals surface area (Å²) >= 11 is 6.15. The number of imidazole rings is 1. The fourth-order valence-electron chi connectivity index (χ4n) is 2.45. The highest BCUT2D eigenvalue weighted by Crippen LogP contribution is 2.19. The fourth-order valence-corrected chi connectivity index (χ4v) is 2.65. The van der Waals surface area contributed by atoms with Gasteiger partial charge >= 0.3 is 5.69 Å². The second-order valence-electron chi connectivity index (χ2n) is 5.21. The van der Waals surface area contributed by atoms with Crippen LogP contribution in [-0.2, 0) is 6.54 Å².